The molecule has 0 saturated carbocycles. The van der Waals surface area contributed by atoms with E-state index in [9.17, 15) is 4.79 Å². The summed E-state index contributed by atoms with van der Waals surface area (Å²) in [4.78, 5) is 12.0. The SMILES string of the molecule is CCOC(=O)/C1=C/C=C\CCCS1. The van der Waals surface area contributed by atoms with Crippen molar-refractivity contribution in [3.63, 3.8) is 0 Å². The van der Waals surface area contributed by atoms with Gasteiger partial charge in [-0.15, -0.1) is 11.8 Å². The molecule has 1 aliphatic rings. The topological polar surface area (TPSA) is 26.3 Å². The van der Waals surface area contributed by atoms with E-state index in [1.165, 1.54) is 0 Å². The third-order valence-corrected chi connectivity index (χ3v) is 2.74. The van der Waals surface area contributed by atoms with Gasteiger partial charge in [-0.2, -0.15) is 0 Å². The molecule has 2 nitrogen and oxygen atoms in total. The number of rotatable bonds is 2. The first-order valence-electron chi connectivity index (χ1n) is 4.51. The molecule has 0 aromatic carbocycles. The van der Waals surface area contributed by atoms with Crippen molar-refractivity contribution in [2.45, 2.75) is 19.8 Å². The summed E-state index contributed by atoms with van der Waals surface area (Å²) in [6, 6.07) is 0. The highest BCUT2D eigenvalue weighted by atomic mass is 32.2. The van der Waals surface area contributed by atoms with Crippen LogP contribution in [0.1, 0.15) is 19.8 Å². The maximum atomic E-state index is 11.3. The van der Waals surface area contributed by atoms with Gasteiger partial charge in [0.05, 0.1) is 11.5 Å². The predicted molar refractivity (Wildman–Crippen MR) is 55.5 cm³/mol. The fourth-order valence-corrected chi connectivity index (χ4v) is 1.89. The Hall–Kier alpha value is -0.700. The number of carbonyl (C=O) groups excluding carboxylic acids is 1. The van der Waals surface area contributed by atoms with Crippen LogP contribution >= 0.6 is 11.8 Å². The fourth-order valence-electron chi connectivity index (χ4n) is 1.01. The number of ether oxygens (including phenoxy) is 1. The van der Waals surface area contributed by atoms with Crippen LogP contribution in [0.25, 0.3) is 0 Å². The molecule has 3 heteroatoms. The molecule has 0 amide bonds. The standard InChI is InChI=1S/C10H14O2S/c1-2-12-10(11)9-7-5-3-4-6-8-13-9/h3,5,7H,2,4,6,8H2,1H3/b5-3-,9-7-. The minimum atomic E-state index is -0.195. The van der Waals surface area contributed by atoms with E-state index in [1.807, 2.05) is 19.1 Å². The first-order chi connectivity index (χ1) is 6.34. The van der Waals surface area contributed by atoms with Gasteiger partial charge in [-0.05, 0) is 31.6 Å². The summed E-state index contributed by atoms with van der Waals surface area (Å²) in [6.45, 7) is 2.27. The Morgan fingerprint density at radius 2 is 2.54 bits per heavy atom. The van der Waals surface area contributed by atoms with Crippen molar-refractivity contribution >= 4 is 17.7 Å². The van der Waals surface area contributed by atoms with E-state index < -0.39 is 0 Å². The lowest BCUT2D eigenvalue weighted by Gasteiger charge is -2.06. The van der Waals surface area contributed by atoms with Gasteiger partial charge in [0.25, 0.3) is 0 Å². The summed E-state index contributed by atoms with van der Waals surface area (Å²) in [6.07, 6.45) is 8.07. The second-order valence-corrected chi connectivity index (χ2v) is 3.81. The summed E-state index contributed by atoms with van der Waals surface area (Å²) in [7, 11) is 0. The highest BCUT2D eigenvalue weighted by Gasteiger charge is 2.10. The molecular formula is C10H14O2S. The molecule has 0 fully saturated rings. The van der Waals surface area contributed by atoms with Gasteiger partial charge in [-0.3, -0.25) is 0 Å². The molecule has 0 atom stereocenters. The average Bonchev–Trinajstić information content (AvgIpc) is 2.03. The minimum absolute atomic E-state index is 0.195. The van der Waals surface area contributed by atoms with Crippen LogP contribution in [-0.2, 0) is 9.53 Å². The lowest BCUT2D eigenvalue weighted by atomic mass is 10.3. The van der Waals surface area contributed by atoms with E-state index >= 15 is 0 Å². The number of esters is 1. The van der Waals surface area contributed by atoms with Crippen molar-refractivity contribution in [2.24, 2.45) is 0 Å². The molecule has 0 bridgehead atoms. The monoisotopic (exact) mass is 198 g/mol. The molecule has 1 heterocycles. The molecule has 1 aliphatic heterocycles. The smallest absolute Gasteiger partial charge is 0.344 e. The molecular weight excluding hydrogens is 184 g/mol. The van der Waals surface area contributed by atoms with Crippen LogP contribution in [0.15, 0.2) is 23.1 Å². The largest absolute Gasteiger partial charge is 0.462 e. The van der Waals surface area contributed by atoms with Gasteiger partial charge in [0.1, 0.15) is 0 Å². The minimum Gasteiger partial charge on any atom is -0.462 e. The third kappa shape index (κ3) is 3.68. The summed E-state index contributed by atoms with van der Waals surface area (Å²) in [5.41, 5.74) is 0. The van der Waals surface area contributed by atoms with Crippen molar-refractivity contribution in [3.05, 3.63) is 23.1 Å². The molecule has 0 aromatic heterocycles. The van der Waals surface area contributed by atoms with Crippen LogP contribution in [0.3, 0.4) is 0 Å². The lowest BCUT2D eigenvalue weighted by molar-refractivity contribution is -0.137. The molecule has 0 N–H and O–H groups in total. The first kappa shape index (κ1) is 10.4. The molecule has 0 saturated heterocycles. The van der Waals surface area contributed by atoms with Crippen molar-refractivity contribution in [3.8, 4) is 0 Å². The van der Waals surface area contributed by atoms with E-state index in [-0.39, 0.29) is 5.97 Å². The molecule has 72 valence electrons. The van der Waals surface area contributed by atoms with Crippen LogP contribution < -0.4 is 0 Å². The van der Waals surface area contributed by atoms with Gasteiger partial charge < -0.3 is 4.74 Å². The van der Waals surface area contributed by atoms with E-state index in [0.29, 0.717) is 6.61 Å². The number of carbonyl (C=O) groups is 1. The Bertz CT molecular complexity index is 231. The van der Waals surface area contributed by atoms with Crippen molar-refractivity contribution in [2.75, 3.05) is 12.4 Å². The molecule has 0 aliphatic carbocycles. The number of allylic oxidation sites excluding steroid dienone is 3. The number of hydrogen-bond donors (Lipinski definition) is 0. The zero-order valence-electron chi connectivity index (χ0n) is 7.79. The van der Waals surface area contributed by atoms with Gasteiger partial charge in [0.2, 0.25) is 0 Å². The lowest BCUT2D eigenvalue weighted by Crippen LogP contribution is -2.06. The number of thioether (sulfide) groups is 1. The molecule has 1 rings (SSSR count). The van der Waals surface area contributed by atoms with Crippen molar-refractivity contribution in [1.82, 2.24) is 0 Å². The van der Waals surface area contributed by atoms with Crippen LogP contribution in [0.2, 0.25) is 0 Å². The Balaban J connectivity index is 2.58. The number of hydrogen-bond acceptors (Lipinski definition) is 3. The summed E-state index contributed by atoms with van der Waals surface area (Å²) < 4.78 is 4.92. The van der Waals surface area contributed by atoms with Crippen LogP contribution in [-0.4, -0.2) is 18.3 Å². The van der Waals surface area contributed by atoms with E-state index in [4.69, 9.17) is 4.74 Å². The molecule has 0 aromatic rings. The predicted octanol–water partition coefficient (Wildman–Crippen LogP) is 2.52. The highest BCUT2D eigenvalue weighted by Crippen LogP contribution is 2.21. The maximum absolute atomic E-state index is 11.3. The van der Waals surface area contributed by atoms with Gasteiger partial charge in [0, 0.05) is 0 Å². The van der Waals surface area contributed by atoms with Gasteiger partial charge in [-0.25, -0.2) is 4.79 Å². The summed E-state index contributed by atoms with van der Waals surface area (Å²) in [5.74, 6) is 0.800. The average molecular weight is 198 g/mol. The fraction of sp³-hybridized carbons (Fsp3) is 0.500. The normalized spacial score (nSPS) is 23.6. The molecule has 0 spiro atoms. The quantitative estimate of drug-likeness (QED) is 0.638. The second-order valence-electron chi connectivity index (χ2n) is 2.67. The van der Waals surface area contributed by atoms with Gasteiger partial charge >= 0.3 is 5.97 Å². The third-order valence-electron chi connectivity index (χ3n) is 1.63. The van der Waals surface area contributed by atoms with E-state index in [0.717, 1.165) is 23.5 Å². The maximum Gasteiger partial charge on any atom is 0.344 e. The van der Waals surface area contributed by atoms with Crippen molar-refractivity contribution in [1.29, 1.82) is 0 Å². The van der Waals surface area contributed by atoms with E-state index in [2.05, 4.69) is 6.08 Å². The Morgan fingerprint density at radius 3 is 3.31 bits per heavy atom. The van der Waals surface area contributed by atoms with Crippen LogP contribution in [0.5, 0.6) is 0 Å². The summed E-state index contributed by atoms with van der Waals surface area (Å²) in [5, 5.41) is 0. The summed E-state index contributed by atoms with van der Waals surface area (Å²) >= 11 is 1.58. The van der Waals surface area contributed by atoms with Gasteiger partial charge in [0.15, 0.2) is 0 Å². The Kier molecular flexibility index (Phi) is 4.68. The Labute approximate surface area is 83.0 Å². The zero-order chi connectivity index (χ0) is 9.52. The highest BCUT2D eigenvalue weighted by molar-refractivity contribution is 8.03. The Morgan fingerprint density at radius 1 is 1.69 bits per heavy atom. The molecule has 0 radical (unpaired) electrons. The van der Waals surface area contributed by atoms with Crippen LogP contribution in [0.4, 0.5) is 0 Å². The molecule has 0 unspecified atom stereocenters. The van der Waals surface area contributed by atoms with Crippen LogP contribution in [0, 0.1) is 0 Å². The van der Waals surface area contributed by atoms with E-state index in [1.54, 1.807) is 11.8 Å². The molecule has 13 heavy (non-hydrogen) atoms. The van der Waals surface area contributed by atoms with Crippen molar-refractivity contribution < 1.29 is 9.53 Å². The first-order valence-corrected chi connectivity index (χ1v) is 5.50. The second kappa shape index (κ2) is 5.86. The van der Waals surface area contributed by atoms with Gasteiger partial charge in [-0.1, -0.05) is 12.2 Å². The zero-order valence-corrected chi connectivity index (χ0v) is 8.60.